The maximum Gasteiger partial charge on any atom is 0.251 e. The number of nitrogens with one attached hydrogen (secondary N) is 2. The van der Waals surface area contributed by atoms with Crippen LogP contribution in [0.4, 0.5) is 5.69 Å². The fraction of sp³-hybridized carbons (Fsp3) is 0.333. The van der Waals surface area contributed by atoms with Crippen molar-refractivity contribution in [3.8, 4) is 0 Å². The first kappa shape index (κ1) is 13.7. The molecule has 0 radical (unpaired) electrons. The van der Waals surface area contributed by atoms with Gasteiger partial charge >= 0.3 is 0 Å². The number of anilines is 1. The Morgan fingerprint density at radius 1 is 1.35 bits per heavy atom. The fourth-order valence-corrected chi connectivity index (χ4v) is 1.44. The molecule has 92 valence electrons. The van der Waals surface area contributed by atoms with Gasteiger partial charge < -0.3 is 10.6 Å². The predicted molar refractivity (Wildman–Crippen MR) is 71.6 cm³/mol. The number of hydrogen-bond acceptors (Lipinski definition) is 2. The SMILES string of the molecule is CNC(=O)c1ccc(NC(=O)C(C)Br)c(C)c1. The number of benzene rings is 1. The number of halogens is 1. The molecule has 1 rings (SSSR count). The molecular weight excluding hydrogens is 284 g/mol. The van der Waals surface area contributed by atoms with Crippen LogP contribution in [0.1, 0.15) is 22.8 Å². The van der Waals surface area contributed by atoms with Crippen LogP contribution in [0, 0.1) is 6.92 Å². The number of aryl methyl sites for hydroxylation is 1. The summed E-state index contributed by atoms with van der Waals surface area (Å²) in [6, 6.07) is 5.15. The highest BCUT2D eigenvalue weighted by Crippen LogP contribution is 2.17. The van der Waals surface area contributed by atoms with Crippen molar-refractivity contribution in [3.05, 3.63) is 29.3 Å². The molecule has 0 aliphatic heterocycles. The minimum Gasteiger partial charge on any atom is -0.355 e. The Balaban J connectivity index is 2.90. The number of carbonyl (C=O) groups is 2. The molecular formula is C12H15BrN2O2. The topological polar surface area (TPSA) is 58.2 Å². The molecule has 17 heavy (non-hydrogen) atoms. The molecule has 4 nitrogen and oxygen atoms in total. The standard InChI is InChI=1S/C12H15BrN2O2/c1-7-6-9(12(17)14-3)4-5-10(7)15-11(16)8(2)13/h4-6,8H,1-3H3,(H,14,17)(H,15,16). The van der Waals surface area contributed by atoms with E-state index >= 15 is 0 Å². The minimum absolute atomic E-state index is 0.110. The lowest BCUT2D eigenvalue weighted by Gasteiger charge is -2.10. The molecule has 0 bridgehead atoms. The van der Waals surface area contributed by atoms with E-state index in [-0.39, 0.29) is 16.6 Å². The van der Waals surface area contributed by atoms with Crippen LogP contribution in [0.15, 0.2) is 18.2 Å². The van der Waals surface area contributed by atoms with E-state index < -0.39 is 0 Å². The Labute approximate surface area is 109 Å². The Morgan fingerprint density at radius 3 is 2.47 bits per heavy atom. The molecule has 0 aromatic heterocycles. The summed E-state index contributed by atoms with van der Waals surface area (Å²) >= 11 is 3.19. The third kappa shape index (κ3) is 3.56. The average molecular weight is 299 g/mol. The zero-order chi connectivity index (χ0) is 13.0. The molecule has 0 aliphatic carbocycles. The lowest BCUT2D eigenvalue weighted by Crippen LogP contribution is -2.21. The second-order valence-electron chi connectivity index (χ2n) is 3.71. The van der Waals surface area contributed by atoms with E-state index in [9.17, 15) is 9.59 Å². The highest BCUT2D eigenvalue weighted by molar-refractivity contribution is 9.10. The van der Waals surface area contributed by atoms with Crippen LogP contribution in [0.5, 0.6) is 0 Å². The van der Waals surface area contributed by atoms with Gasteiger partial charge in [0, 0.05) is 18.3 Å². The lowest BCUT2D eigenvalue weighted by molar-refractivity contribution is -0.115. The van der Waals surface area contributed by atoms with Gasteiger partial charge in [0.25, 0.3) is 5.91 Å². The Kier molecular flexibility index (Phi) is 4.69. The molecule has 1 unspecified atom stereocenters. The van der Waals surface area contributed by atoms with Gasteiger partial charge in [-0.3, -0.25) is 9.59 Å². The van der Waals surface area contributed by atoms with Crippen molar-refractivity contribution >= 4 is 33.4 Å². The Morgan fingerprint density at radius 2 is 2.00 bits per heavy atom. The molecule has 5 heteroatoms. The highest BCUT2D eigenvalue weighted by Gasteiger charge is 2.11. The van der Waals surface area contributed by atoms with Crippen molar-refractivity contribution in [1.82, 2.24) is 5.32 Å². The molecule has 1 aromatic carbocycles. The summed E-state index contributed by atoms with van der Waals surface area (Å²) in [6.07, 6.45) is 0. The van der Waals surface area contributed by atoms with Crippen molar-refractivity contribution in [2.75, 3.05) is 12.4 Å². The Bertz CT molecular complexity index is 444. The van der Waals surface area contributed by atoms with Gasteiger partial charge in [-0.15, -0.1) is 0 Å². The molecule has 0 saturated carbocycles. The monoisotopic (exact) mass is 298 g/mol. The quantitative estimate of drug-likeness (QED) is 0.840. The van der Waals surface area contributed by atoms with E-state index in [1.807, 2.05) is 6.92 Å². The van der Waals surface area contributed by atoms with Crippen molar-refractivity contribution in [1.29, 1.82) is 0 Å². The molecule has 0 heterocycles. The summed E-state index contributed by atoms with van der Waals surface area (Å²) in [7, 11) is 1.58. The summed E-state index contributed by atoms with van der Waals surface area (Å²) in [5.74, 6) is -0.249. The van der Waals surface area contributed by atoms with Crippen molar-refractivity contribution in [2.45, 2.75) is 18.7 Å². The maximum atomic E-state index is 11.5. The van der Waals surface area contributed by atoms with Crippen LogP contribution in [0.2, 0.25) is 0 Å². The summed E-state index contributed by atoms with van der Waals surface area (Å²) < 4.78 is 0. The predicted octanol–water partition coefficient (Wildman–Crippen LogP) is 2.08. The van der Waals surface area contributed by atoms with Crippen LogP contribution in [0.25, 0.3) is 0 Å². The zero-order valence-corrected chi connectivity index (χ0v) is 11.6. The van der Waals surface area contributed by atoms with E-state index in [0.29, 0.717) is 11.3 Å². The van der Waals surface area contributed by atoms with Gasteiger partial charge in [0.1, 0.15) is 0 Å². The maximum absolute atomic E-state index is 11.5. The first-order valence-corrected chi connectivity index (χ1v) is 6.15. The van der Waals surface area contributed by atoms with Gasteiger partial charge in [-0.05, 0) is 37.6 Å². The number of hydrogen-bond donors (Lipinski definition) is 2. The minimum atomic E-state index is -0.250. The zero-order valence-electron chi connectivity index (χ0n) is 10.0. The van der Waals surface area contributed by atoms with Crippen LogP contribution in [-0.2, 0) is 4.79 Å². The van der Waals surface area contributed by atoms with Gasteiger partial charge in [-0.25, -0.2) is 0 Å². The Hall–Kier alpha value is -1.36. The summed E-state index contributed by atoms with van der Waals surface area (Å²) in [5, 5.41) is 5.33. The second-order valence-corrected chi connectivity index (χ2v) is 5.09. The number of alkyl halides is 1. The molecule has 1 aromatic rings. The van der Waals surface area contributed by atoms with Gasteiger partial charge in [0.15, 0.2) is 0 Å². The molecule has 2 N–H and O–H groups in total. The molecule has 0 saturated heterocycles. The highest BCUT2D eigenvalue weighted by atomic mass is 79.9. The lowest BCUT2D eigenvalue weighted by atomic mass is 10.1. The molecule has 1 atom stereocenters. The summed E-state index contributed by atoms with van der Waals surface area (Å²) in [4.78, 5) is 22.7. The van der Waals surface area contributed by atoms with Gasteiger partial charge in [-0.1, -0.05) is 15.9 Å². The van der Waals surface area contributed by atoms with Gasteiger partial charge in [0.05, 0.1) is 4.83 Å². The summed E-state index contributed by atoms with van der Waals surface area (Å²) in [5.41, 5.74) is 2.15. The van der Waals surface area contributed by atoms with Crippen LogP contribution in [-0.4, -0.2) is 23.7 Å². The van der Waals surface area contributed by atoms with Crippen molar-refractivity contribution in [3.63, 3.8) is 0 Å². The van der Waals surface area contributed by atoms with E-state index in [1.54, 1.807) is 32.2 Å². The average Bonchev–Trinajstić information content (AvgIpc) is 2.30. The first-order chi connectivity index (χ1) is 7.95. The fourth-order valence-electron chi connectivity index (χ4n) is 1.32. The molecule has 2 amide bonds. The van der Waals surface area contributed by atoms with Crippen LogP contribution >= 0.6 is 15.9 Å². The van der Waals surface area contributed by atoms with E-state index in [0.717, 1.165) is 5.56 Å². The van der Waals surface area contributed by atoms with Crippen molar-refractivity contribution in [2.24, 2.45) is 0 Å². The van der Waals surface area contributed by atoms with E-state index in [4.69, 9.17) is 0 Å². The van der Waals surface area contributed by atoms with Crippen molar-refractivity contribution < 1.29 is 9.59 Å². The number of amides is 2. The van der Waals surface area contributed by atoms with E-state index in [1.165, 1.54) is 0 Å². The molecule has 0 spiro atoms. The first-order valence-electron chi connectivity index (χ1n) is 5.23. The normalized spacial score (nSPS) is 11.8. The number of rotatable bonds is 3. The van der Waals surface area contributed by atoms with Crippen LogP contribution in [0.3, 0.4) is 0 Å². The van der Waals surface area contributed by atoms with Crippen LogP contribution < -0.4 is 10.6 Å². The third-order valence-corrected chi connectivity index (χ3v) is 2.75. The molecule has 0 fully saturated rings. The number of carbonyl (C=O) groups excluding carboxylic acids is 2. The largest absolute Gasteiger partial charge is 0.355 e. The van der Waals surface area contributed by atoms with Gasteiger partial charge in [-0.2, -0.15) is 0 Å². The third-order valence-electron chi connectivity index (χ3n) is 2.33. The smallest absolute Gasteiger partial charge is 0.251 e. The van der Waals surface area contributed by atoms with Gasteiger partial charge in [0.2, 0.25) is 5.91 Å². The van der Waals surface area contributed by atoms with E-state index in [2.05, 4.69) is 26.6 Å². The summed E-state index contributed by atoms with van der Waals surface area (Å²) in [6.45, 7) is 3.60. The second kappa shape index (κ2) is 5.82. The molecule has 0 aliphatic rings.